The first kappa shape index (κ1) is 16.4. The van der Waals surface area contributed by atoms with E-state index in [-0.39, 0.29) is 5.70 Å². The molecule has 21 heavy (non-hydrogen) atoms. The number of anilines is 1. The van der Waals surface area contributed by atoms with Crippen molar-refractivity contribution in [2.24, 2.45) is 0 Å². The molecule has 1 rings (SSSR count). The van der Waals surface area contributed by atoms with E-state index in [4.69, 9.17) is 9.47 Å². The number of ether oxygens (including phenoxy) is 4. The van der Waals surface area contributed by atoms with Gasteiger partial charge in [0, 0.05) is 11.8 Å². The number of methoxy groups -OCH3 is 4. The summed E-state index contributed by atoms with van der Waals surface area (Å²) in [6, 6.07) is 4.94. The second-order valence-electron chi connectivity index (χ2n) is 3.77. The molecule has 0 fully saturated rings. The third-order valence-electron chi connectivity index (χ3n) is 2.53. The van der Waals surface area contributed by atoms with Gasteiger partial charge in [-0.1, -0.05) is 0 Å². The van der Waals surface area contributed by atoms with Crippen LogP contribution in [0.4, 0.5) is 5.69 Å². The molecule has 1 aromatic rings. The van der Waals surface area contributed by atoms with Crippen molar-refractivity contribution in [2.45, 2.75) is 0 Å². The van der Waals surface area contributed by atoms with Gasteiger partial charge in [-0.2, -0.15) is 0 Å². The maximum absolute atomic E-state index is 11.6. The molecule has 0 saturated carbocycles. The van der Waals surface area contributed by atoms with Gasteiger partial charge in [-0.05, 0) is 12.1 Å². The molecule has 0 amide bonds. The summed E-state index contributed by atoms with van der Waals surface area (Å²) in [6.45, 7) is 0. The zero-order chi connectivity index (χ0) is 15.8. The molecule has 0 aliphatic heterocycles. The van der Waals surface area contributed by atoms with Gasteiger partial charge in [0.2, 0.25) is 0 Å². The van der Waals surface area contributed by atoms with Crippen molar-refractivity contribution in [1.82, 2.24) is 0 Å². The highest BCUT2D eigenvalue weighted by Crippen LogP contribution is 2.30. The molecule has 0 unspecified atom stereocenters. The fraction of sp³-hybridized carbons (Fsp3) is 0.286. The lowest BCUT2D eigenvalue weighted by Gasteiger charge is -2.12. The first-order valence-corrected chi connectivity index (χ1v) is 5.92. The van der Waals surface area contributed by atoms with Gasteiger partial charge in [0.25, 0.3) is 0 Å². The Balaban J connectivity index is 3.06. The number of carbonyl (C=O) groups is 2. The summed E-state index contributed by atoms with van der Waals surface area (Å²) in [5, 5.41) is 2.77. The summed E-state index contributed by atoms with van der Waals surface area (Å²) in [6.07, 6.45) is 1.00. The Labute approximate surface area is 122 Å². The normalized spacial score (nSPS) is 10.6. The number of nitrogens with one attached hydrogen (secondary N) is 1. The molecule has 0 aliphatic carbocycles. The lowest BCUT2D eigenvalue weighted by atomic mass is 10.2. The Kier molecular flexibility index (Phi) is 6.06. The molecule has 0 spiro atoms. The van der Waals surface area contributed by atoms with Crippen LogP contribution in [0.5, 0.6) is 11.5 Å². The van der Waals surface area contributed by atoms with Crippen LogP contribution < -0.4 is 14.8 Å². The van der Waals surface area contributed by atoms with Crippen LogP contribution in [0.3, 0.4) is 0 Å². The van der Waals surface area contributed by atoms with Gasteiger partial charge < -0.3 is 24.3 Å². The van der Waals surface area contributed by atoms with Crippen molar-refractivity contribution in [1.29, 1.82) is 0 Å². The Morgan fingerprint density at radius 1 is 1.00 bits per heavy atom. The molecule has 1 aromatic carbocycles. The quantitative estimate of drug-likeness (QED) is 0.626. The van der Waals surface area contributed by atoms with Gasteiger partial charge in [0.15, 0.2) is 11.5 Å². The van der Waals surface area contributed by atoms with Gasteiger partial charge in [-0.15, -0.1) is 0 Å². The molecule has 0 aliphatic rings. The Hall–Kier alpha value is -2.70. The van der Waals surface area contributed by atoms with E-state index in [0.717, 1.165) is 6.08 Å². The predicted molar refractivity (Wildman–Crippen MR) is 75.3 cm³/mol. The second kappa shape index (κ2) is 7.78. The molecule has 0 aromatic heterocycles. The zero-order valence-electron chi connectivity index (χ0n) is 12.3. The summed E-state index contributed by atoms with van der Waals surface area (Å²) >= 11 is 0. The van der Waals surface area contributed by atoms with Crippen molar-refractivity contribution < 1.29 is 28.5 Å². The van der Waals surface area contributed by atoms with Crippen LogP contribution in [-0.4, -0.2) is 40.4 Å². The molecular weight excluding hydrogens is 278 g/mol. The first-order chi connectivity index (χ1) is 10.0. The smallest absolute Gasteiger partial charge is 0.354 e. The summed E-state index contributed by atoms with van der Waals surface area (Å²) < 4.78 is 19.4. The summed E-state index contributed by atoms with van der Waals surface area (Å²) in [5.41, 5.74) is 0.463. The van der Waals surface area contributed by atoms with E-state index in [2.05, 4.69) is 14.8 Å². The standard InChI is InChI=1S/C14H17NO6/c1-18-11-6-5-9(7-12(11)19-2)15-10(14(17)21-4)8-13(16)20-3/h5-8,15H,1-4H3/b10-8+. The monoisotopic (exact) mass is 295 g/mol. The topological polar surface area (TPSA) is 83.1 Å². The molecular formula is C14H17NO6. The number of carbonyl (C=O) groups excluding carboxylic acids is 2. The summed E-state index contributed by atoms with van der Waals surface area (Å²) in [4.78, 5) is 22.9. The molecule has 0 atom stereocenters. The largest absolute Gasteiger partial charge is 0.493 e. The highest BCUT2D eigenvalue weighted by molar-refractivity contribution is 5.98. The number of hydrogen-bond donors (Lipinski definition) is 1. The molecule has 7 nitrogen and oxygen atoms in total. The third kappa shape index (κ3) is 4.41. The van der Waals surface area contributed by atoms with E-state index < -0.39 is 11.9 Å². The molecule has 7 heteroatoms. The SMILES string of the molecule is COC(=O)/C=C(/Nc1ccc(OC)c(OC)c1)C(=O)OC. The molecule has 1 N–H and O–H groups in total. The minimum absolute atomic E-state index is 0.0587. The van der Waals surface area contributed by atoms with Crippen LogP contribution in [0.15, 0.2) is 30.0 Å². The van der Waals surface area contributed by atoms with Gasteiger partial charge in [0.1, 0.15) is 5.70 Å². The fourth-order valence-corrected chi connectivity index (χ4v) is 1.50. The first-order valence-electron chi connectivity index (χ1n) is 5.92. The van der Waals surface area contributed by atoms with Crippen molar-refractivity contribution in [3.63, 3.8) is 0 Å². The Morgan fingerprint density at radius 2 is 1.67 bits per heavy atom. The molecule has 0 heterocycles. The lowest BCUT2D eigenvalue weighted by Crippen LogP contribution is -2.15. The zero-order valence-corrected chi connectivity index (χ0v) is 12.3. The van der Waals surface area contributed by atoms with Gasteiger partial charge >= 0.3 is 11.9 Å². The van der Waals surface area contributed by atoms with Gasteiger partial charge in [-0.25, -0.2) is 9.59 Å². The van der Waals surface area contributed by atoms with Crippen LogP contribution in [-0.2, 0) is 19.1 Å². The minimum Gasteiger partial charge on any atom is -0.493 e. The van der Waals surface area contributed by atoms with E-state index in [1.807, 2.05) is 0 Å². The predicted octanol–water partition coefficient (Wildman–Crippen LogP) is 1.35. The van der Waals surface area contributed by atoms with Gasteiger partial charge in [0.05, 0.1) is 34.5 Å². The van der Waals surface area contributed by atoms with Crippen LogP contribution in [0.25, 0.3) is 0 Å². The maximum atomic E-state index is 11.6. The van der Waals surface area contributed by atoms with E-state index in [0.29, 0.717) is 17.2 Å². The van der Waals surface area contributed by atoms with Crippen LogP contribution in [0, 0.1) is 0 Å². The highest BCUT2D eigenvalue weighted by atomic mass is 16.5. The minimum atomic E-state index is -0.699. The molecule has 114 valence electrons. The van der Waals surface area contributed by atoms with E-state index >= 15 is 0 Å². The summed E-state index contributed by atoms with van der Waals surface area (Å²) in [7, 11) is 5.43. The average Bonchev–Trinajstić information content (AvgIpc) is 2.52. The maximum Gasteiger partial charge on any atom is 0.354 e. The third-order valence-corrected chi connectivity index (χ3v) is 2.53. The number of benzene rings is 1. The van der Waals surface area contributed by atoms with Crippen molar-refractivity contribution in [2.75, 3.05) is 33.8 Å². The summed E-state index contributed by atoms with van der Waals surface area (Å²) in [5.74, 6) is -0.358. The number of esters is 2. The Morgan fingerprint density at radius 3 is 2.19 bits per heavy atom. The molecule has 0 bridgehead atoms. The van der Waals surface area contributed by atoms with Crippen LogP contribution in [0.2, 0.25) is 0 Å². The average molecular weight is 295 g/mol. The van der Waals surface area contributed by atoms with Gasteiger partial charge in [-0.3, -0.25) is 0 Å². The molecule has 0 saturated heterocycles. The van der Waals surface area contributed by atoms with Crippen LogP contribution in [0.1, 0.15) is 0 Å². The Bertz CT molecular complexity index is 552. The highest BCUT2D eigenvalue weighted by Gasteiger charge is 2.14. The van der Waals surface area contributed by atoms with E-state index in [1.54, 1.807) is 18.2 Å². The lowest BCUT2D eigenvalue weighted by molar-refractivity contribution is -0.138. The van der Waals surface area contributed by atoms with Crippen molar-refractivity contribution in [3.05, 3.63) is 30.0 Å². The fourth-order valence-electron chi connectivity index (χ4n) is 1.50. The number of rotatable bonds is 6. The molecule has 0 radical (unpaired) electrons. The van der Waals surface area contributed by atoms with Crippen LogP contribution >= 0.6 is 0 Å². The second-order valence-corrected chi connectivity index (χ2v) is 3.77. The van der Waals surface area contributed by atoms with E-state index in [1.165, 1.54) is 28.4 Å². The number of hydrogen-bond acceptors (Lipinski definition) is 7. The van der Waals surface area contributed by atoms with Crippen molar-refractivity contribution in [3.8, 4) is 11.5 Å². The van der Waals surface area contributed by atoms with E-state index in [9.17, 15) is 9.59 Å². The van der Waals surface area contributed by atoms with Crippen molar-refractivity contribution >= 4 is 17.6 Å².